The van der Waals surface area contributed by atoms with Crippen molar-refractivity contribution in [2.24, 2.45) is 0 Å². The Hall–Kier alpha value is -3.44. The van der Waals surface area contributed by atoms with Crippen LogP contribution in [-0.4, -0.2) is 33.4 Å². The summed E-state index contributed by atoms with van der Waals surface area (Å²) in [7, 11) is -4.69. The topological polar surface area (TPSA) is 131 Å². The summed E-state index contributed by atoms with van der Waals surface area (Å²) in [6.45, 7) is 1.59. The second-order valence-corrected chi connectivity index (χ2v) is 10.8. The predicted octanol–water partition coefficient (Wildman–Crippen LogP) is 4.72. The number of nitrogens with zero attached hydrogens (tertiary/aromatic N) is 4. The standard InChI is InChI=1S/C24H19Cl2N5O4S/c1-24(12-14-4-6-15(7-5-14)19-3-2-8-28-21(19)27)22(32)30(18-10-16(25)9-17(26)11-18)23-29-13-20(31(23)24)36(33,34)35/h2-11,13H,12H2,1H3,(H2,27,28)(H,33,34,35)/t24-/m1/s1. The number of carbonyl (C=O) groups excluding carboxylic acids is 1. The van der Waals surface area contributed by atoms with Crippen molar-refractivity contribution in [3.8, 4) is 11.1 Å². The zero-order chi connectivity index (χ0) is 25.8. The quantitative estimate of drug-likeness (QED) is 0.348. The Balaban J connectivity index is 1.60. The van der Waals surface area contributed by atoms with E-state index in [2.05, 4.69) is 9.97 Å². The maximum Gasteiger partial charge on any atom is 0.312 e. The minimum atomic E-state index is -4.69. The van der Waals surface area contributed by atoms with E-state index in [0.717, 1.165) is 22.9 Å². The van der Waals surface area contributed by atoms with Gasteiger partial charge in [0.25, 0.3) is 5.91 Å². The number of benzene rings is 2. The third kappa shape index (κ3) is 4.01. The number of pyridine rings is 1. The smallest absolute Gasteiger partial charge is 0.312 e. The van der Waals surface area contributed by atoms with Crippen LogP contribution in [0.25, 0.3) is 11.1 Å². The van der Waals surface area contributed by atoms with Crippen LogP contribution < -0.4 is 10.6 Å². The lowest BCUT2D eigenvalue weighted by Crippen LogP contribution is -2.41. The fourth-order valence-corrected chi connectivity index (χ4v) is 5.69. The van der Waals surface area contributed by atoms with Crippen LogP contribution in [0, 0.1) is 0 Å². The van der Waals surface area contributed by atoms with Gasteiger partial charge in [-0.25, -0.2) is 14.9 Å². The van der Waals surface area contributed by atoms with Crippen molar-refractivity contribution in [2.45, 2.75) is 23.9 Å². The van der Waals surface area contributed by atoms with Gasteiger partial charge in [0.2, 0.25) is 5.95 Å². The van der Waals surface area contributed by atoms with E-state index in [1.807, 2.05) is 30.3 Å². The first kappa shape index (κ1) is 24.3. The van der Waals surface area contributed by atoms with Crippen molar-refractivity contribution in [1.82, 2.24) is 14.5 Å². The molecule has 4 aromatic rings. The van der Waals surface area contributed by atoms with Gasteiger partial charge < -0.3 is 5.73 Å². The molecule has 3 N–H and O–H groups in total. The molecule has 1 aliphatic heterocycles. The number of carbonyl (C=O) groups is 1. The van der Waals surface area contributed by atoms with Crippen molar-refractivity contribution >= 4 is 56.7 Å². The van der Waals surface area contributed by atoms with Gasteiger partial charge >= 0.3 is 10.1 Å². The molecular formula is C24H19Cl2N5O4S. The van der Waals surface area contributed by atoms with Gasteiger partial charge in [0, 0.05) is 28.2 Å². The largest absolute Gasteiger partial charge is 0.383 e. The molecule has 0 bridgehead atoms. The maximum atomic E-state index is 13.9. The van der Waals surface area contributed by atoms with Crippen molar-refractivity contribution in [3.05, 3.63) is 82.6 Å². The van der Waals surface area contributed by atoms with Crippen molar-refractivity contribution < 1.29 is 17.8 Å². The van der Waals surface area contributed by atoms with Gasteiger partial charge in [0.05, 0.1) is 11.9 Å². The predicted molar refractivity (Wildman–Crippen MR) is 137 cm³/mol. The molecule has 0 aliphatic carbocycles. The third-order valence-corrected chi connectivity index (χ3v) is 7.34. The molecule has 36 heavy (non-hydrogen) atoms. The molecule has 0 saturated heterocycles. The Morgan fingerprint density at radius 1 is 1.06 bits per heavy atom. The molecule has 0 spiro atoms. The van der Waals surface area contributed by atoms with Crippen molar-refractivity contribution in [2.75, 3.05) is 10.6 Å². The Bertz CT molecular complexity index is 1600. The average Bonchev–Trinajstić information content (AvgIpc) is 3.33. The number of fused-ring (bicyclic) bond motifs is 1. The Kier molecular flexibility index (Phi) is 5.79. The van der Waals surface area contributed by atoms with Crippen LogP contribution in [0.15, 0.2) is 72.0 Å². The molecule has 0 fully saturated rings. The molecule has 1 amide bonds. The first-order chi connectivity index (χ1) is 17.0. The lowest BCUT2D eigenvalue weighted by molar-refractivity contribution is -0.124. The number of hydrogen-bond acceptors (Lipinski definition) is 6. The summed E-state index contributed by atoms with van der Waals surface area (Å²) in [5, 5.41) is 0.0817. The van der Waals surface area contributed by atoms with E-state index in [4.69, 9.17) is 28.9 Å². The van der Waals surface area contributed by atoms with E-state index in [-0.39, 0.29) is 22.4 Å². The van der Waals surface area contributed by atoms with Crippen LogP contribution in [0.1, 0.15) is 12.5 Å². The zero-order valence-corrected chi connectivity index (χ0v) is 21.1. The molecule has 2 aromatic carbocycles. The number of nitrogen functional groups attached to an aromatic ring is 1. The number of nitrogens with two attached hydrogens (primary N) is 1. The SMILES string of the molecule is C[C@@]1(Cc2ccc(-c3cccnc3N)cc2)C(=O)N(c2cc(Cl)cc(Cl)c2)c2ncc(S(=O)(=O)O)n21. The van der Waals surface area contributed by atoms with Gasteiger partial charge in [0.1, 0.15) is 11.4 Å². The number of anilines is 3. The first-order valence-electron chi connectivity index (χ1n) is 10.7. The van der Waals surface area contributed by atoms with E-state index in [0.29, 0.717) is 11.5 Å². The average molecular weight is 544 g/mol. The van der Waals surface area contributed by atoms with Crippen LogP contribution >= 0.6 is 23.2 Å². The summed E-state index contributed by atoms with van der Waals surface area (Å²) in [4.78, 5) is 23.4. The number of imidazole rings is 1. The minimum absolute atomic E-state index is 0.0215. The van der Waals surface area contributed by atoms with Crippen LogP contribution in [0.2, 0.25) is 10.0 Å². The van der Waals surface area contributed by atoms with Crippen LogP contribution in [0.5, 0.6) is 0 Å². The van der Waals surface area contributed by atoms with Crippen LogP contribution in [0.4, 0.5) is 17.5 Å². The number of hydrogen-bond donors (Lipinski definition) is 2. The summed E-state index contributed by atoms with van der Waals surface area (Å²) in [6.07, 6.45) is 2.72. The van der Waals surface area contributed by atoms with E-state index in [1.165, 1.54) is 27.7 Å². The second kappa shape index (κ2) is 8.59. The number of aromatic nitrogens is 3. The highest BCUT2D eigenvalue weighted by Crippen LogP contribution is 2.44. The van der Waals surface area contributed by atoms with Gasteiger partial charge in [-0.3, -0.25) is 13.9 Å². The molecule has 184 valence electrons. The van der Waals surface area contributed by atoms with Gasteiger partial charge in [-0.2, -0.15) is 8.42 Å². The molecule has 5 rings (SSSR count). The highest BCUT2D eigenvalue weighted by molar-refractivity contribution is 7.85. The van der Waals surface area contributed by atoms with E-state index in [9.17, 15) is 17.8 Å². The monoisotopic (exact) mass is 543 g/mol. The summed E-state index contributed by atoms with van der Waals surface area (Å²) in [6, 6.07) is 15.5. The molecule has 2 aromatic heterocycles. The third-order valence-electron chi connectivity index (χ3n) is 6.09. The lowest BCUT2D eigenvalue weighted by Gasteiger charge is -2.26. The van der Waals surface area contributed by atoms with Crippen molar-refractivity contribution in [1.29, 1.82) is 0 Å². The number of rotatable bonds is 5. The number of amides is 1. The summed E-state index contributed by atoms with van der Waals surface area (Å²) in [5.74, 6) is -0.0533. The molecule has 12 heteroatoms. The minimum Gasteiger partial charge on any atom is -0.383 e. The van der Waals surface area contributed by atoms with Crippen molar-refractivity contribution in [3.63, 3.8) is 0 Å². The maximum absolute atomic E-state index is 13.9. The Morgan fingerprint density at radius 2 is 1.72 bits per heavy atom. The van der Waals surface area contributed by atoms with Gasteiger partial charge in [-0.1, -0.05) is 47.5 Å². The number of halogens is 2. The van der Waals surface area contributed by atoms with Gasteiger partial charge in [-0.15, -0.1) is 0 Å². The molecule has 1 aliphatic rings. The Morgan fingerprint density at radius 3 is 2.33 bits per heavy atom. The molecule has 3 heterocycles. The lowest BCUT2D eigenvalue weighted by atomic mass is 9.91. The molecule has 0 unspecified atom stereocenters. The van der Waals surface area contributed by atoms with Gasteiger partial charge in [0.15, 0.2) is 5.03 Å². The zero-order valence-electron chi connectivity index (χ0n) is 18.8. The summed E-state index contributed by atoms with van der Waals surface area (Å²) >= 11 is 12.3. The fraction of sp³-hybridized carbons (Fsp3) is 0.125. The van der Waals surface area contributed by atoms with Gasteiger partial charge in [-0.05, 0) is 48.4 Å². The van der Waals surface area contributed by atoms with E-state index < -0.39 is 26.6 Å². The molecule has 0 radical (unpaired) electrons. The normalized spacial score (nSPS) is 17.4. The highest BCUT2D eigenvalue weighted by Gasteiger charge is 2.51. The second-order valence-electron chi connectivity index (χ2n) is 8.56. The fourth-order valence-electron chi connectivity index (χ4n) is 4.47. The Labute approximate surface area is 216 Å². The van der Waals surface area contributed by atoms with Crippen LogP contribution in [0.3, 0.4) is 0 Å². The molecule has 0 saturated carbocycles. The van der Waals surface area contributed by atoms with E-state index in [1.54, 1.807) is 19.2 Å². The molecular weight excluding hydrogens is 525 g/mol. The first-order valence-corrected chi connectivity index (χ1v) is 12.8. The summed E-state index contributed by atoms with van der Waals surface area (Å²) in [5.41, 5.74) is 7.20. The molecule has 1 atom stereocenters. The summed E-state index contributed by atoms with van der Waals surface area (Å²) < 4.78 is 35.5. The van der Waals surface area contributed by atoms with Crippen LogP contribution in [-0.2, 0) is 26.9 Å². The molecule has 9 nitrogen and oxygen atoms in total. The highest BCUT2D eigenvalue weighted by atomic mass is 35.5. The van der Waals surface area contributed by atoms with E-state index >= 15 is 0 Å².